The second-order valence-corrected chi connectivity index (χ2v) is 5.97. The number of rotatable bonds is 4. The van der Waals surface area contributed by atoms with E-state index in [1.165, 1.54) is 25.1 Å². The molecular formula is C14H11N2NaO6S. The summed E-state index contributed by atoms with van der Waals surface area (Å²) >= 11 is 0. The van der Waals surface area contributed by atoms with Crippen molar-refractivity contribution in [3.63, 3.8) is 0 Å². The molecule has 0 aliphatic rings. The van der Waals surface area contributed by atoms with Crippen LogP contribution < -0.4 is 34.7 Å². The molecule has 10 heteroatoms. The second kappa shape index (κ2) is 7.86. The van der Waals surface area contributed by atoms with Crippen molar-refractivity contribution in [2.75, 3.05) is 0 Å². The third-order valence-electron chi connectivity index (χ3n) is 2.90. The summed E-state index contributed by atoms with van der Waals surface area (Å²) in [6, 6.07) is 7.21. The monoisotopic (exact) mass is 358 g/mol. The van der Waals surface area contributed by atoms with Crippen LogP contribution in [0.5, 0.6) is 5.75 Å². The molecule has 0 fully saturated rings. The van der Waals surface area contributed by atoms with Gasteiger partial charge in [0.1, 0.15) is 10.1 Å². The number of carbonyl (C=O) groups is 1. The van der Waals surface area contributed by atoms with E-state index in [2.05, 4.69) is 10.2 Å². The molecule has 0 radical (unpaired) electrons. The predicted octanol–water partition coefficient (Wildman–Crippen LogP) is -0.797. The molecule has 2 rings (SSSR count). The zero-order valence-corrected chi connectivity index (χ0v) is 15.6. The summed E-state index contributed by atoms with van der Waals surface area (Å²) < 4.78 is 32.4. The van der Waals surface area contributed by atoms with Crippen LogP contribution in [0, 0.1) is 6.92 Å². The van der Waals surface area contributed by atoms with Crippen LogP contribution >= 0.6 is 0 Å². The maximum Gasteiger partial charge on any atom is 1.00 e. The summed E-state index contributed by atoms with van der Waals surface area (Å²) in [5.74, 6) is -1.96. The molecule has 8 nitrogen and oxygen atoms in total. The van der Waals surface area contributed by atoms with Gasteiger partial charge < -0.3 is 14.8 Å². The SMILES string of the molecule is Cc1cc(N=Nc2ccc(S(=O)(=O)[O-])cc2)cc(C(=O)O)c1[O-].[H+].[Na+]. The molecule has 0 unspecified atom stereocenters. The number of azo groups is 1. The largest absolute Gasteiger partial charge is 1.00 e. The van der Waals surface area contributed by atoms with E-state index in [9.17, 15) is 22.9 Å². The fourth-order valence-corrected chi connectivity index (χ4v) is 2.24. The number of hydrogen-bond acceptors (Lipinski definition) is 7. The fourth-order valence-electron chi connectivity index (χ4n) is 1.77. The first-order valence-electron chi connectivity index (χ1n) is 6.21. The van der Waals surface area contributed by atoms with Crippen molar-refractivity contribution in [1.29, 1.82) is 0 Å². The van der Waals surface area contributed by atoms with Crippen LogP contribution in [0.2, 0.25) is 0 Å². The Morgan fingerprint density at radius 1 is 1.12 bits per heavy atom. The fraction of sp³-hybridized carbons (Fsp3) is 0.0714. The molecule has 0 saturated carbocycles. The smallest absolute Gasteiger partial charge is 0.872 e. The van der Waals surface area contributed by atoms with Gasteiger partial charge in [-0.3, -0.25) is 0 Å². The molecule has 0 heterocycles. The summed E-state index contributed by atoms with van der Waals surface area (Å²) in [7, 11) is -4.53. The van der Waals surface area contributed by atoms with Crippen LogP contribution in [0.4, 0.5) is 11.4 Å². The van der Waals surface area contributed by atoms with Crippen LogP contribution in [0.3, 0.4) is 0 Å². The first kappa shape index (κ1) is 20.3. The first-order chi connectivity index (χ1) is 10.7. The predicted molar refractivity (Wildman–Crippen MR) is 77.3 cm³/mol. The van der Waals surface area contributed by atoms with Gasteiger partial charge in [-0.1, -0.05) is 11.3 Å². The van der Waals surface area contributed by atoms with Gasteiger partial charge >= 0.3 is 37.0 Å². The zero-order chi connectivity index (χ0) is 17.2. The molecule has 0 amide bonds. The van der Waals surface area contributed by atoms with Gasteiger partial charge in [-0.05, 0) is 43.3 Å². The topological polar surface area (TPSA) is 142 Å². The Bertz CT molecular complexity index is 900. The van der Waals surface area contributed by atoms with Crippen LogP contribution in [0.1, 0.15) is 17.3 Å². The van der Waals surface area contributed by atoms with Crippen molar-refractivity contribution >= 4 is 27.5 Å². The number of hydrogen-bond donors (Lipinski definition) is 1. The van der Waals surface area contributed by atoms with Gasteiger partial charge in [0.05, 0.1) is 21.8 Å². The molecule has 2 aromatic rings. The number of carboxylic acids is 1. The van der Waals surface area contributed by atoms with Crippen molar-refractivity contribution in [2.24, 2.45) is 10.2 Å². The molecule has 0 aromatic heterocycles. The Kier molecular flexibility index (Phi) is 6.64. The van der Waals surface area contributed by atoms with Gasteiger partial charge in [0.2, 0.25) is 0 Å². The van der Waals surface area contributed by atoms with Crippen molar-refractivity contribution < 1.29 is 59.0 Å². The molecule has 0 bridgehead atoms. The van der Waals surface area contributed by atoms with Crippen molar-refractivity contribution in [3.05, 3.63) is 47.5 Å². The van der Waals surface area contributed by atoms with Crippen molar-refractivity contribution in [2.45, 2.75) is 11.8 Å². The van der Waals surface area contributed by atoms with Gasteiger partial charge in [-0.25, -0.2) is 13.2 Å². The summed E-state index contributed by atoms with van der Waals surface area (Å²) in [4.78, 5) is 10.6. The number of aromatic carboxylic acids is 1. The molecule has 120 valence electrons. The van der Waals surface area contributed by atoms with Crippen LogP contribution in [0.15, 0.2) is 51.5 Å². The zero-order valence-electron chi connectivity index (χ0n) is 13.8. The Morgan fingerprint density at radius 2 is 1.67 bits per heavy atom. The van der Waals surface area contributed by atoms with E-state index in [1.807, 2.05) is 0 Å². The molecule has 2 aromatic carbocycles. The van der Waals surface area contributed by atoms with Crippen LogP contribution in [0.25, 0.3) is 0 Å². The summed E-state index contributed by atoms with van der Waals surface area (Å²) in [6.45, 7) is 1.46. The second-order valence-electron chi connectivity index (χ2n) is 4.59. The first-order valence-corrected chi connectivity index (χ1v) is 7.62. The average Bonchev–Trinajstić information content (AvgIpc) is 2.47. The van der Waals surface area contributed by atoms with E-state index in [0.717, 1.165) is 18.2 Å². The number of nitrogens with zero attached hydrogens (tertiary/aromatic N) is 2. The minimum atomic E-state index is -4.53. The minimum absolute atomic E-state index is 0. The maximum atomic E-state index is 11.6. The quantitative estimate of drug-likeness (QED) is 0.431. The van der Waals surface area contributed by atoms with E-state index in [-0.39, 0.29) is 47.9 Å². The van der Waals surface area contributed by atoms with E-state index >= 15 is 0 Å². The van der Waals surface area contributed by atoms with E-state index in [1.54, 1.807) is 0 Å². The summed E-state index contributed by atoms with van der Waals surface area (Å²) in [5, 5.41) is 28.2. The Morgan fingerprint density at radius 3 is 2.17 bits per heavy atom. The Balaban J connectivity index is 0.00000288. The average molecular weight is 358 g/mol. The van der Waals surface area contributed by atoms with Gasteiger partial charge in [0.15, 0.2) is 0 Å². The van der Waals surface area contributed by atoms with Gasteiger partial charge in [-0.2, -0.15) is 10.2 Å². The number of carboxylic acid groups (broad SMARTS) is 1. The van der Waals surface area contributed by atoms with E-state index in [0.29, 0.717) is 0 Å². The number of aryl methyl sites for hydroxylation is 1. The van der Waals surface area contributed by atoms with E-state index < -0.39 is 32.3 Å². The van der Waals surface area contributed by atoms with Crippen molar-refractivity contribution in [1.82, 2.24) is 0 Å². The molecule has 24 heavy (non-hydrogen) atoms. The molecular weight excluding hydrogens is 347 g/mol. The van der Waals surface area contributed by atoms with Crippen molar-refractivity contribution in [3.8, 4) is 5.75 Å². The van der Waals surface area contributed by atoms with Crippen LogP contribution in [-0.4, -0.2) is 24.0 Å². The third-order valence-corrected chi connectivity index (χ3v) is 3.75. The Hall–Kier alpha value is -1.78. The molecule has 0 saturated heterocycles. The summed E-state index contributed by atoms with van der Waals surface area (Å²) in [5.41, 5.74) is 0.233. The number of benzene rings is 2. The molecule has 1 N–H and O–H groups in total. The standard InChI is InChI=1S/C14H12N2O6S.Na/c1-8-6-10(7-12(13(8)17)14(18)19)16-15-9-2-4-11(5-3-9)23(20,21)22;/h2-7,17H,1H3,(H,18,19)(H,20,21,22);/q;+1/p-1. The molecule has 0 spiro atoms. The van der Waals surface area contributed by atoms with Gasteiger partial charge in [0.25, 0.3) is 0 Å². The molecule has 0 aliphatic heterocycles. The van der Waals surface area contributed by atoms with Gasteiger partial charge in [-0.15, -0.1) is 0 Å². The van der Waals surface area contributed by atoms with Crippen LogP contribution in [-0.2, 0) is 10.1 Å². The summed E-state index contributed by atoms with van der Waals surface area (Å²) in [6.07, 6.45) is 0. The third kappa shape index (κ3) is 4.86. The maximum absolute atomic E-state index is 11.6. The van der Waals surface area contributed by atoms with E-state index in [4.69, 9.17) is 5.11 Å². The molecule has 0 atom stereocenters. The van der Waals surface area contributed by atoms with Gasteiger partial charge in [0, 0.05) is 0 Å². The molecule has 0 aliphatic carbocycles. The Labute approximate surface area is 161 Å². The normalized spacial score (nSPS) is 11.2. The minimum Gasteiger partial charge on any atom is -0.872 e.